The molecule has 0 aliphatic heterocycles. The first-order chi connectivity index (χ1) is 8.74. The van der Waals surface area contributed by atoms with Gasteiger partial charge in [0.05, 0.1) is 28.5 Å². The highest BCUT2D eigenvalue weighted by atomic mass is 32.2. The van der Waals surface area contributed by atoms with Crippen LogP contribution in [0.2, 0.25) is 0 Å². The molecule has 5 heteroatoms. The monoisotopic (exact) mass is 256 g/mol. The number of para-hydroxylation sites is 1. The molecule has 90 valence electrons. The molecular formula is C13H12N4S. The molecule has 2 N–H and O–H groups in total. The average Bonchev–Trinajstić information content (AvgIpc) is 2.79. The third kappa shape index (κ3) is 1.93. The van der Waals surface area contributed by atoms with Gasteiger partial charge in [-0.25, -0.2) is 0 Å². The average molecular weight is 256 g/mol. The zero-order valence-electron chi connectivity index (χ0n) is 9.87. The summed E-state index contributed by atoms with van der Waals surface area (Å²) in [4.78, 5) is 6.43. The number of nitrogens with zero attached hydrogens (tertiary/aromatic N) is 3. The fourth-order valence-corrected chi connectivity index (χ4v) is 2.81. The van der Waals surface area contributed by atoms with Crippen LogP contribution in [0.4, 0.5) is 5.69 Å². The molecule has 0 saturated carbocycles. The number of pyridine rings is 1. The Morgan fingerprint density at radius 1 is 1.22 bits per heavy atom. The predicted octanol–water partition coefficient (Wildman–Crippen LogP) is 2.70. The van der Waals surface area contributed by atoms with Crippen LogP contribution in [0.1, 0.15) is 0 Å². The van der Waals surface area contributed by atoms with Crippen LogP contribution in [0.5, 0.6) is 0 Å². The van der Waals surface area contributed by atoms with Gasteiger partial charge in [-0.2, -0.15) is 5.10 Å². The van der Waals surface area contributed by atoms with Gasteiger partial charge >= 0.3 is 0 Å². The summed E-state index contributed by atoms with van der Waals surface area (Å²) in [6.45, 7) is 0. The minimum Gasteiger partial charge on any atom is -0.397 e. The van der Waals surface area contributed by atoms with E-state index >= 15 is 0 Å². The maximum Gasteiger partial charge on any atom is 0.0715 e. The number of hydrogen-bond donors (Lipinski definition) is 1. The number of anilines is 1. The first-order valence-corrected chi connectivity index (χ1v) is 6.35. The van der Waals surface area contributed by atoms with Crippen molar-refractivity contribution < 1.29 is 0 Å². The van der Waals surface area contributed by atoms with E-state index in [-0.39, 0.29) is 0 Å². The Hall–Kier alpha value is -2.01. The summed E-state index contributed by atoms with van der Waals surface area (Å²) in [6, 6.07) is 8.00. The topological polar surface area (TPSA) is 56.7 Å². The van der Waals surface area contributed by atoms with Crippen LogP contribution >= 0.6 is 11.8 Å². The molecule has 0 amide bonds. The minimum atomic E-state index is 0.697. The Morgan fingerprint density at radius 2 is 2.06 bits per heavy atom. The fourth-order valence-electron chi connectivity index (χ4n) is 1.81. The van der Waals surface area contributed by atoms with Gasteiger partial charge in [-0.1, -0.05) is 30.0 Å². The van der Waals surface area contributed by atoms with Crippen LogP contribution in [0.3, 0.4) is 0 Å². The van der Waals surface area contributed by atoms with Gasteiger partial charge in [-0.15, -0.1) is 0 Å². The van der Waals surface area contributed by atoms with Gasteiger partial charge in [-0.3, -0.25) is 9.67 Å². The molecular weight excluding hydrogens is 244 g/mol. The molecule has 0 spiro atoms. The second-order valence-corrected chi connectivity index (χ2v) is 5.10. The summed E-state index contributed by atoms with van der Waals surface area (Å²) in [7, 11) is 1.90. The minimum absolute atomic E-state index is 0.697. The highest BCUT2D eigenvalue weighted by molar-refractivity contribution is 7.99. The van der Waals surface area contributed by atoms with Crippen LogP contribution in [-0.2, 0) is 7.05 Å². The lowest BCUT2D eigenvalue weighted by atomic mass is 10.2. The van der Waals surface area contributed by atoms with Crippen molar-refractivity contribution in [2.45, 2.75) is 9.79 Å². The lowest BCUT2D eigenvalue weighted by Gasteiger charge is -2.07. The van der Waals surface area contributed by atoms with Gasteiger partial charge in [0, 0.05) is 23.5 Å². The van der Waals surface area contributed by atoms with Gasteiger partial charge in [-0.05, 0) is 6.07 Å². The number of benzene rings is 1. The van der Waals surface area contributed by atoms with Crippen LogP contribution in [-0.4, -0.2) is 14.8 Å². The molecule has 0 radical (unpaired) electrons. The summed E-state index contributed by atoms with van der Waals surface area (Å²) in [6.07, 6.45) is 5.51. The summed E-state index contributed by atoms with van der Waals surface area (Å²) >= 11 is 1.62. The molecule has 3 aromatic rings. The van der Waals surface area contributed by atoms with E-state index < -0.39 is 0 Å². The van der Waals surface area contributed by atoms with Crippen LogP contribution in [0.15, 0.2) is 52.6 Å². The fraction of sp³-hybridized carbons (Fsp3) is 0.0769. The van der Waals surface area contributed by atoms with Gasteiger partial charge in [0.25, 0.3) is 0 Å². The zero-order chi connectivity index (χ0) is 12.5. The van der Waals surface area contributed by atoms with Crippen LogP contribution in [0.25, 0.3) is 10.9 Å². The Balaban J connectivity index is 2.12. The number of aromatic nitrogens is 3. The third-order valence-electron chi connectivity index (χ3n) is 2.65. The molecule has 18 heavy (non-hydrogen) atoms. The Labute approximate surface area is 109 Å². The molecule has 0 atom stereocenters. The quantitative estimate of drug-likeness (QED) is 0.766. The van der Waals surface area contributed by atoms with E-state index in [9.17, 15) is 0 Å². The molecule has 0 unspecified atom stereocenters. The molecule has 2 heterocycles. The normalized spacial score (nSPS) is 10.9. The van der Waals surface area contributed by atoms with E-state index in [4.69, 9.17) is 5.73 Å². The number of nitrogen functional groups attached to an aromatic ring is 1. The van der Waals surface area contributed by atoms with Crippen molar-refractivity contribution in [1.29, 1.82) is 0 Å². The number of fused-ring (bicyclic) bond motifs is 1. The number of hydrogen-bond acceptors (Lipinski definition) is 4. The van der Waals surface area contributed by atoms with E-state index in [0.717, 1.165) is 20.7 Å². The van der Waals surface area contributed by atoms with Gasteiger partial charge in [0.2, 0.25) is 0 Å². The van der Waals surface area contributed by atoms with Crippen molar-refractivity contribution in [2.75, 3.05) is 5.73 Å². The Kier molecular flexibility index (Phi) is 2.68. The first-order valence-electron chi connectivity index (χ1n) is 5.54. The number of nitrogens with two attached hydrogens (primary N) is 1. The Morgan fingerprint density at radius 3 is 2.83 bits per heavy atom. The molecule has 0 bridgehead atoms. The molecule has 0 fully saturated rings. The van der Waals surface area contributed by atoms with Crippen LogP contribution < -0.4 is 5.73 Å². The standard InChI is InChI=1S/C13H12N4S/c1-17-8-9(6-16-17)18-13-10-4-2-3-5-12(10)15-7-11(13)14/h2-8H,14H2,1H3. The smallest absolute Gasteiger partial charge is 0.0715 e. The summed E-state index contributed by atoms with van der Waals surface area (Å²) in [5.74, 6) is 0. The van der Waals surface area contributed by atoms with Crippen LogP contribution in [0, 0.1) is 0 Å². The van der Waals surface area contributed by atoms with Crippen molar-refractivity contribution in [3.05, 3.63) is 42.9 Å². The second kappa shape index (κ2) is 4.34. The van der Waals surface area contributed by atoms with Crippen molar-refractivity contribution >= 4 is 28.4 Å². The molecule has 0 aliphatic rings. The maximum absolute atomic E-state index is 6.03. The third-order valence-corrected chi connectivity index (χ3v) is 3.76. The lowest BCUT2D eigenvalue weighted by Crippen LogP contribution is -1.92. The second-order valence-electron chi connectivity index (χ2n) is 4.01. The summed E-state index contributed by atoms with van der Waals surface area (Å²) < 4.78 is 1.78. The highest BCUT2D eigenvalue weighted by Gasteiger charge is 2.09. The maximum atomic E-state index is 6.03. The van der Waals surface area contributed by atoms with Crippen molar-refractivity contribution in [3.63, 3.8) is 0 Å². The van der Waals surface area contributed by atoms with E-state index in [1.165, 1.54) is 0 Å². The van der Waals surface area contributed by atoms with E-state index in [1.54, 1.807) is 22.6 Å². The van der Waals surface area contributed by atoms with Crippen molar-refractivity contribution in [1.82, 2.24) is 14.8 Å². The van der Waals surface area contributed by atoms with Gasteiger partial charge in [0.15, 0.2) is 0 Å². The molecule has 3 rings (SSSR count). The number of aryl methyl sites for hydroxylation is 1. The summed E-state index contributed by atoms with van der Waals surface area (Å²) in [5, 5.41) is 5.24. The zero-order valence-corrected chi connectivity index (χ0v) is 10.7. The van der Waals surface area contributed by atoms with E-state index in [0.29, 0.717) is 5.69 Å². The molecule has 4 nitrogen and oxygen atoms in total. The van der Waals surface area contributed by atoms with E-state index in [1.807, 2.05) is 43.7 Å². The predicted molar refractivity (Wildman–Crippen MR) is 73.5 cm³/mol. The Bertz CT molecular complexity index is 705. The lowest BCUT2D eigenvalue weighted by molar-refractivity contribution is 0.766. The number of rotatable bonds is 2. The summed E-state index contributed by atoms with van der Waals surface area (Å²) in [5.41, 5.74) is 7.68. The SMILES string of the molecule is Cn1cc(Sc2c(N)cnc3ccccc23)cn1. The molecule has 2 aromatic heterocycles. The van der Waals surface area contributed by atoms with Crippen molar-refractivity contribution in [2.24, 2.45) is 7.05 Å². The molecule has 0 aliphatic carbocycles. The van der Waals surface area contributed by atoms with Gasteiger partial charge < -0.3 is 5.73 Å². The highest BCUT2D eigenvalue weighted by Crippen LogP contribution is 2.36. The van der Waals surface area contributed by atoms with E-state index in [2.05, 4.69) is 10.1 Å². The first kappa shape index (κ1) is 11.1. The van der Waals surface area contributed by atoms with Crippen molar-refractivity contribution in [3.8, 4) is 0 Å². The molecule has 0 saturated heterocycles. The molecule has 1 aromatic carbocycles. The largest absolute Gasteiger partial charge is 0.397 e. The van der Waals surface area contributed by atoms with Gasteiger partial charge in [0.1, 0.15) is 0 Å².